The molecule has 130 valence electrons. The van der Waals surface area contributed by atoms with Crippen molar-refractivity contribution < 1.29 is 8.42 Å². The predicted octanol–water partition coefficient (Wildman–Crippen LogP) is 3.77. The van der Waals surface area contributed by atoms with Crippen molar-refractivity contribution in [1.29, 1.82) is 0 Å². The van der Waals surface area contributed by atoms with Crippen molar-refractivity contribution in [2.24, 2.45) is 0 Å². The topological polar surface area (TPSA) is 63.2 Å². The number of sulfonamides is 1. The minimum absolute atomic E-state index is 0.277. The molecule has 25 heavy (non-hydrogen) atoms. The summed E-state index contributed by atoms with van der Waals surface area (Å²) in [4.78, 5) is 9.20. The lowest BCUT2D eigenvalue weighted by Gasteiger charge is -2.15. The first kappa shape index (κ1) is 17.0. The fourth-order valence-corrected chi connectivity index (χ4v) is 6.07. The lowest BCUT2D eigenvalue weighted by atomic mass is 10.3. The summed E-state index contributed by atoms with van der Waals surface area (Å²) in [5.41, 5.74) is 1.02. The Labute approximate surface area is 155 Å². The smallest absolute Gasteiger partial charge is 0.244 e. The van der Waals surface area contributed by atoms with Crippen molar-refractivity contribution in [1.82, 2.24) is 14.3 Å². The Morgan fingerprint density at radius 2 is 1.92 bits per heavy atom. The second-order valence-corrected chi connectivity index (χ2v) is 9.86. The molecule has 3 heterocycles. The van der Waals surface area contributed by atoms with Gasteiger partial charge in [0.1, 0.15) is 9.90 Å². The van der Waals surface area contributed by atoms with Gasteiger partial charge in [-0.25, -0.2) is 18.4 Å². The first-order chi connectivity index (χ1) is 12.1. The summed E-state index contributed by atoms with van der Waals surface area (Å²) < 4.78 is 27.7. The van der Waals surface area contributed by atoms with E-state index in [1.807, 2.05) is 18.2 Å². The molecular weight excluding hydrogens is 374 g/mol. The minimum atomic E-state index is -3.39. The molecule has 3 aromatic rings. The second kappa shape index (κ2) is 7.03. The first-order valence-corrected chi connectivity index (χ1v) is 11.3. The highest BCUT2D eigenvalue weighted by atomic mass is 32.2. The van der Waals surface area contributed by atoms with Crippen molar-refractivity contribution in [3.05, 3.63) is 47.6 Å². The molecule has 0 radical (unpaired) electrons. The average molecular weight is 392 g/mol. The molecule has 1 aliphatic rings. The van der Waals surface area contributed by atoms with Gasteiger partial charge in [0.05, 0.1) is 21.0 Å². The number of aromatic nitrogens is 2. The third kappa shape index (κ3) is 3.57. The molecule has 0 atom stereocenters. The summed E-state index contributed by atoms with van der Waals surface area (Å²) in [6, 6.07) is 11.5. The maximum absolute atomic E-state index is 12.5. The van der Waals surface area contributed by atoms with Gasteiger partial charge in [-0.3, -0.25) is 0 Å². The molecule has 0 spiro atoms. The quantitative estimate of drug-likeness (QED) is 0.620. The number of thioether (sulfide) groups is 1. The van der Waals surface area contributed by atoms with Crippen LogP contribution < -0.4 is 0 Å². The molecule has 0 saturated carbocycles. The summed E-state index contributed by atoms with van der Waals surface area (Å²) in [6.45, 7) is 1.22. The maximum atomic E-state index is 12.5. The highest BCUT2D eigenvalue weighted by molar-refractivity contribution is 7.98. The van der Waals surface area contributed by atoms with Crippen molar-refractivity contribution in [2.75, 3.05) is 13.1 Å². The van der Waals surface area contributed by atoms with Gasteiger partial charge >= 0.3 is 0 Å². The molecule has 0 aliphatic carbocycles. The van der Waals surface area contributed by atoms with E-state index in [1.165, 1.54) is 15.2 Å². The Kier molecular flexibility index (Phi) is 4.77. The number of nitrogens with zero attached hydrogens (tertiary/aromatic N) is 3. The Bertz CT molecular complexity index is 945. The number of thiazole rings is 1. The van der Waals surface area contributed by atoms with Crippen LogP contribution in [0.3, 0.4) is 0 Å². The van der Waals surface area contributed by atoms with Crippen molar-refractivity contribution in [3.63, 3.8) is 0 Å². The van der Waals surface area contributed by atoms with Gasteiger partial charge in [-0.15, -0.1) is 11.3 Å². The van der Waals surface area contributed by atoms with Gasteiger partial charge < -0.3 is 0 Å². The molecule has 8 heteroatoms. The van der Waals surface area contributed by atoms with Crippen LogP contribution in [0.15, 0.2) is 52.5 Å². The molecule has 2 aromatic heterocycles. The third-order valence-electron chi connectivity index (χ3n) is 4.09. The fraction of sp³-hybridized carbons (Fsp3) is 0.294. The Balaban J connectivity index is 1.45. The molecule has 4 rings (SSSR count). The van der Waals surface area contributed by atoms with Crippen molar-refractivity contribution in [3.8, 4) is 0 Å². The van der Waals surface area contributed by atoms with Crippen LogP contribution in [0.25, 0.3) is 10.2 Å². The molecule has 0 N–H and O–H groups in total. The Morgan fingerprint density at radius 3 is 2.64 bits per heavy atom. The summed E-state index contributed by atoms with van der Waals surface area (Å²) in [6.07, 6.45) is 3.33. The zero-order valence-corrected chi connectivity index (χ0v) is 15.9. The fourth-order valence-electron chi connectivity index (χ4n) is 2.80. The second-order valence-electron chi connectivity index (χ2n) is 5.81. The zero-order valence-electron chi connectivity index (χ0n) is 13.5. The van der Waals surface area contributed by atoms with Crippen LogP contribution in [0.5, 0.6) is 0 Å². The Hall–Kier alpha value is -1.48. The number of hydrogen-bond acceptors (Lipinski definition) is 6. The van der Waals surface area contributed by atoms with Gasteiger partial charge in [0.25, 0.3) is 0 Å². The third-order valence-corrected chi connectivity index (χ3v) is 8.15. The molecule has 0 bridgehead atoms. The SMILES string of the molecule is O=S(=O)(c1ccc(SCc2nc3ccccc3s2)nc1)N1CCCC1. The number of pyridine rings is 1. The van der Waals surface area contributed by atoms with E-state index >= 15 is 0 Å². The van der Waals surface area contributed by atoms with Gasteiger partial charge in [0, 0.05) is 19.3 Å². The lowest BCUT2D eigenvalue weighted by Crippen LogP contribution is -2.27. The maximum Gasteiger partial charge on any atom is 0.244 e. The number of hydrogen-bond donors (Lipinski definition) is 0. The molecule has 1 fully saturated rings. The minimum Gasteiger partial charge on any atom is -0.249 e. The summed E-state index contributed by atoms with van der Waals surface area (Å²) in [5.74, 6) is 0.727. The van der Waals surface area contributed by atoms with Gasteiger partial charge in [-0.2, -0.15) is 4.31 Å². The highest BCUT2D eigenvalue weighted by Gasteiger charge is 2.27. The number of fused-ring (bicyclic) bond motifs is 1. The van der Waals surface area contributed by atoms with Gasteiger partial charge in [0.15, 0.2) is 0 Å². The van der Waals surface area contributed by atoms with Crippen LogP contribution in [0.4, 0.5) is 0 Å². The molecule has 1 aliphatic heterocycles. The van der Waals surface area contributed by atoms with E-state index in [-0.39, 0.29) is 4.90 Å². The lowest BCUT2D eigenvalue weighted by molar-refractivity contribution is 0.477. The standard InChI is InChI=1S/C17H17N3O2S3/c21-25(22,20-9-3-4-10-20)13-7-8-16(18-11-13)23-12-17-19-14-5-1-2-6-15(14)24-17/h1-2,5-8,11H,3-4,9-10,12H2. The van der Waals surface area contributed by atoms with E-state index in [2.05, 4.69) is 16.0 Å². The predicted molar refractivity (Wildman–Crippen MR) is 101 cm³/mol. The van der Waals surface area contributed by atoms with E-state index < -0.39 is 10.0 Å². The Morgan fingerprint density at radius 1 is 1.12 bits per heavy atom. The van der Waals surface area contributed by atoms with Crippen LogP contribution >= 0.6 is 23.1 Å². The van der Waals surface area contributed by atoms with Crippen LogP contribution in [0.1, 0.15) is 17.8 Å². The largest absolute Gasteiger partial charge is 0.249 e. The van der Waals surface area contributed by atoms with E-state index in [0.29, 0.717) is 13.1 Å². The first-order valence-electron chi connectivity index (χ1n) is 8.06. The van der Waals surface area contributed by atoms with Crippen LogP contribution in [0.2, 0.25) is 0 Å². The van der Waals surface area contributed by atoms with Crippen LogP contribution in [0, 0.1) is 0 Å². The number of para-hydroxylation sites is 1. The van der Waals surface area contributed by atoms with Gasteiger partial charge in [0.2, 0.25) is 10.0 Å². The van der Waals surface area contributed by atoms with E-state index in [0.717, 1.165) is 34.1 Å². The van der Waals surface area contributed by atoms with E-state index in [4.69, 9.17) is 0 Å². The van der Waals surface area contributed by atoms with Crippen molar-refractivity contribution in [2.45, 2.75) is 28.5 Å². The summed E-state index contributed by atoms with van der Waals surface area (Å²) in [5, 5.41) is 1.85. The summed E-state index contributed by atoms with van der Waals surface area (Å²) in [7, 11) is -3.39. The number of rotatable bonds is 5. The monoisotopic (exact) mass is 391 g/mol. The van der Waals surface area contributed by atoms with Gasteiger partial charge in [-0.05, 0) is 37.1 Å². The van der Waals surface area contributed by atoms with E-state index in [9.17, 15) is 8.42 Å². The van der Waals surface area contributed by atoms with E-state index in [1.54, 1.807) is 35.2 Å². The summed E-state index contributed by atoms with van der Waals surface area (Å²) >= 11 is 3.25. The average Bonchev–Trinajstić information content (AvgIpc) is 3.30. The van der Waals surface area contributed by atoms with Gasteiger partial charge in [-0.1, -0.05) is 23.9 Å². The van der Waals surface area contributed by atoms with Crippen LogP contribution in [-0.4, -0.2) is 35.8 Å². The molecule has 5 nitrogen and oxygen atoms in total. The molecule has 0 amide bonds. The molecular formula is C17H17N3O2S3. The molecule has 0 unspecified atom stereocenters. The van der Waals surface area contributed by atoms with Crippen molar-refractivity contribution >= 4 is 43.3 Å². The molecule has 1 aromatic carbocycles. The van der Waals surface area contributed by atoms with Crippen LogP contribution in [-0.2, 0) is 15.8 Å². The molecule has 1 saturated heterocycles. The normalized spacial score (nSPS) is 15.8. The highest BCUT2D eigenvalue weighted by Crippen LogP contribution is 2.28. The number of benzene rings is 1. The zero-order chi connectivity index (χ0) is 17.3.